The number of rotatable bonds is 7. The van der Waals surface area contributed by atoms with E-state index in [4.69, 9.17) is 4.74 Å². The van der Waals surface area contributed by atoms with Crippen molar-refractivity contribution in [3.8, 4) is 0 Å². The van der Waals surface area contributed by atoms with Crippen LogP contribution in [0.15, 0.2) is 28.0 Å². The summed E-state index contributed by atoms with van der Waals surface area (Å²) in [6.07, 6.45) is 3.64. The molecule has 0 radical (unpaired) electrons. The number of ether oxygens (including phenoxy) is 1. The highest BCUT2D eigenvalue weighted by molar-refractivity contribution is 7.99. The van der Waals surface area contributed by atoms with Gasteiger partial charge in [-0.2, -0.15) is 0 Å². The van der Waals surface area contributed by atoms with Crippen molar-refractivity contribution in [2.45, 2.75) is 44.6 Å². The predicted octanol–water partition coefficient (Wildman–Crippen LogP) is 3.39. The highest BCUT2D eigenvalue weighted by atomic mass is 32.2. The molecule has 1 atom stereocenters. The minimum atomic E-state index is -0.535. The molecule has 0 fully saturated rings. The zero-order valence-corrected chi connectivity index (χ0v) is 16.4. The van der Waals surface area contributed by atoms with E-state index in [9.17, 15) is 9.59 Å². The van der Waals surface area contributed by atoms with Crippen molar-refractivity contribution in [3.05, 3.63) is 39.7 Å². The summed E-state index contributed by atoms with van der Waals surface area (Å²) in [5.41, 5.74) is 2.07. The van der Waals surface area contributed by atoms with Crippen molar-refractivity contribution in [3.63, 3.8) is 0 Å². The molecule has 140 valence electrons. The van der Waals surface area contributed by atoms with Crippen molar-refractivity contribution < 1.29 is 9.53 Å². The molecule has 0 saturated heterocycles. The van der Waals surface area contributed by atoms with Crippen LogP contribution in [-0.4, -0.2) is 36.0 Å². The lowest BCUT2D eigenvalue weighted by molar-refractivity contribution is 0.0524. The molecule has 0 bridgehead atoms. The van der Waals surface area contributed by atoms with Crippen LogP contribution in [0.1, 0.15) is 49.2 Å². The normalized spacial score (nSPS) is 16.0. The smallest absolute Gasteiger partial charge is 0.343 e. The van der Waals surface area contributed by atoms with Gasteiger partial charge in [-0.05, 0) is 50.9 Å². The lowest BCUT2D eigenvalue weighted by atomic mass is 9.96. The van der Waals surface area contributed by atoms with Crippen LogP contribution < -0.4 is 10.7 Å². The van der Waals surface area contributed by atoms with Crippen LogP contribution in [0, 0.1) is 0 Å². The first-order chi connectivity index (χ1) is 12.6. The minimum Gasteiger partial charge on any atom is -0.462 e. The largest absolute Gasteiger partial charge is 0.462 e. The number of hydrogen-bond donors (Lipinski definition) is 1. The van der Waals surface area contributed by atoms with Crippen LogP contribution in [0.2, 0.25) is 0 Å². The van der Waals surface area contributed by atoms with Gasteiger partial charge in [-0.1, -0.05) is 6.92 Å². The van der Waals surface area contributed by atoms with Gasteiger partial charge in [-0.15, -0.1) is 11.8 Å². The summed E-state index contributed by atoms with van der Waals surface area (Å²) in [6, 6.07) is 4.39. The van der Waals surface area contributed by atoms with Gasteiger partial charge in [-0.3, -0.25) is 4.79 Å². The first kappa shape index (κ1) is 19.0. The molecule has 0 amide bonds. The molecular weight excluding hydrogens is 348 g/mol. The predicted molar refractivity (Wildman–Crippen MR) is 106 cm³/mol. The van der Waals surface area contributed by atoms with Crippen molar-refractivity contribution in [2.24, 2.45) is 0 Å². The molecule has 5 nitrogen and oxygen atoms in total. The zero-order chi connectivity index (χ0) is 18.7. The van der Waals surface area contributed by atoms with Gasteiger partial charge in [-0.25, -0.2) is 4.79 Å². The van der Waals surface area contributed by atoms with Gasteiger partial charge in [0.15, 0.2) is 0 Å². The average Bonchev–Trinajstić information content (AvgIpc) is 2.63. The SMILES string of the molecule is CCNCCSc1cc2c3c(c1)c(=O)c(C(=O)OCC)cn3C(C)CC2. The third-order valence-corrected chi connectivity index (χ3v) is 5.75. The Morgan fingerprint density at radius 2 is 2.19 bits per heavy atom. The Morgan fingerprint density at radius 3 is 2.92 bits per heavy atom. The maximum absolute atomic E-state index is 13.0. The fourth-order valence-electron chi connectivity index (χ4n) is 3.45. The average molecular weight is 375 g/mol. The fourth-order valence-corrected chi connectivity index (χ4v) is 4.36. The highest BCUT2D eigenvalue weighted by Gasteiger charge is 2.24. The van der Waals surface area contributed by atoms with Crippen LogP contribution in [0.4, 0.5) is 0 Å². The second kappa shape index (κ2) is 8.27. The van der Waals surface area contributed by atoms with E-state index in [0.29, 0.717) is 5.39 Å². The first-order valence-corrected chi connectivity index (χ1v) is 10.3. The summed E-state index contributed by atoms with van der Waals surface area (Å²) in [5.74, 6) is 0.411. The van der Waals surface area contributed by atoms with E-state index >= 15 is 0 Å². The van der Waals surface area contributed by atoms with Gasteiger partial charge < -0.3 is 14.6 Å². The Bertz CT molecular complexity index is 875. The summed E-state index contributed by atoms with van der Waals surface area (Å²) < 4.78 is 7.18. The van der Waals surface area contributed by atoms with E-state index in [1.165, 1.54) is 5.56 Å². The Kier molecular flexibility index (Phi) is 6.04. The highest BCUT2D eigenvalue weighted by Crippen LogP contribution is 2.33. The molecule has 3 rings (SSSR count). The van der Waals surface area contributed by atoms with E-state index in [1.54, 1.807) is 24.9 Å². The summed E-state index contributed by atoms with van der Waals surface area (Å²) in [5, 5.41) is 3.94. The molecule has 2 heterocycles. The van der Waals surface area contributed by atoms with Gasteiger partial charge in [0.1, 0.15) is 5.56 Å². The third-order valence-electron chi connectivity index (χ3n) is 4.78. The lowest BCUT2D eigenvalue weighted by Gasteiger charge is -2.27. The molecule has 1 unspecified atom stereocenters. The van der Waals surface area contributed by atoms with Crippen LogP contribution in [0.3, 0.4) is 0 Å². The summed E-state index contributed by atoms with van der Waals surface area (Å²) in [7, 11) is 0. The number of carbonyl (C=O) groups is 1. The molecule has 26 heavy (non-hydrogen) atoms. The number of nitrogens with zero attached hydrogens (tertiary/aromatic N) is 1. The van der Waals surface area contributed by atoms with Crippen molar-refractivity contribution in [1.82, 2.24) is 9.88 Å². The van der Waals surface area contributed by atoms with Crippen LogP contribution in [-0.2, 0) is 11.2 Å². The maximum Gasteiger partial charge on any atom is 0.343 e. The van der Waals surface area contributed by atoms with E-state index in [0.717, 1.165) is 42.1 Å². The fraction of sp³-hybridized carbons (Fsp3) is 0.500. The number of pyridine rings is 1. The number of benzene rings is 1. The van der Waals surface area contributed by atoms with Crippen molar-refractivity contribution in [2.75, 3.05) is 25.4 Å². The third kappa shape index (κ3) is 3.67. The zero-order valence-electron chi connectivity index (χ0n) is 15.6. The number of thioether (sulfide) groups is 1. The van der Waals surface area contributed by atoms with E-state index < -0.39 is 5.97 Å². The van der Waals surface area contributed by atoms with E-state index in [-0.39, 0.29) is 23.6 Å². The number of hydrogen-bond acceptors (Lipinski definition) is 5. The van der Waals surface area contributed by atoms with Gasteiger partial charge in [0.2, 0.25) is 5.43 Å². The topological polar surface area (TPSA) is 60.3 Å². The Labute approximate surface area is 158 Å². The summed E-state index contributed by atoms with van der Waals surface area (Å²) in [6.45, 7) is 8.11. The van der Waals surface area contributed by atoms with Crippen LogP contribution >= 0.6 is 11.8 Å². The molecule has 1 aliphatic heterocycles. The Hall–Kier alpha value is -1.79. The number of aryl methyl sites for hydroxylation is 1. The lowest BCUT2D eigenvalue weighted by Crippen LogP contribution is -2.25. The monoisotopic (exact) mass is 374 g/mol. The second-order valence-corrected chi connectivity index (χ2v) is 7.74. The molecule has 1 N–H and O–H groups in total. The molecule has 1 aromatic carbocycles. The minimum absolute atomic E-state index is 0.133. The number of aromatic nitrogens is 1. The Morgan fingerprint density at radius 1 is 1.38 bits per heavy atom. The van der Waals surface area contributed by atoms with Crippen molar-refractivity contribution >= 4 is 28.6 Å². The molecule has 0 spiro atoms. The maximum atomic E-state index is 13.0. The number of esters is 1. The van der Waals surface area contributed by atoms with Gasteiger partial charge in [0, 0.05) is 34.8 Å². The number of nitrogens with one attached hydrogen (secondary N) is 1. The molecular formula is C20H26N2O3S. The molecule has 1 aliphatic rings. The second-order valence-electron chi connectivity index (χ2n) is 6.57. The molecule has 1 aromatic heterocycles. The molecule has 0 saturated carbocycles. The van der Waals surface area contributed by atoms with Crippen LogP contribution in [0.25, 0.3) is 10.9 Å². The first-order valence-electron chi connectivity index (χ1n) is 9.29. The van der Waals surface area contributed by atoms with E-state index in [1.807, 2.05) is 6.07 Å². The standard InChI is InChI=1S/C20H26N2O3S/c1-4-21-8-9-26-15-10-14-7-6-13(3)22-12-17(20(24)25-5-2)19(23)16(11-15)18(14)22/h10-13,21H,4-9H2,1-3H3. The quantitative estimate of drug-likeness (QED) is 0.457. The molecule has 6 heteroatoms. The summed E-state index contributed by atoms with van der Waals surface area (Å²) >= 11 is 1.74. The van der Waals surface area contributed by atoms with Gasteiger partial charge >= 0.3 is 5.97 Å². The molecule has 0 aliphatic carbocycles. The Balaban J connectivity index is 2.10. The van der Waals surface area contributed by atoms with Gasteiger partial charge in [0.05, 0.1) is 12.1 Å². The number of carbonyl (C=O) groups excluding carboxylic acids is 1. The van der Waals surface area contributed by atoms with E-state index in [2.05, 4.69) is 29.8 Å². The molecule has 2 aromatic rings. The summed E-state index contributed by atoms with van der Waals surface area (Å²) in [4.78, 5) is 26.3. The van der Waals surface area contributed by atoms with Crippen LogP contribution in [0.5, 0.6) is 0 Å². The van der Waals surface area contributed by atoms with Gasteiger partial charge in [0.25, 0.3) is 0 Å². The van der Waals surface area contributed by atoms with Crippen molar-refractivity contribution in [1.29, 1.82) is 0 Å².